The molecule has 1 heterocycles. The van der Waals surface area contributed by atoms with Crippen molar-refractivity contribution in [2.75, 3.05) is 20.3 Å². The van der Waals surface area contributed by atoms with Gasteiger partial charge in [-0.1, -0.05) is 471 Å². The van der Waals surface area contributed by atoms with Crippen LogP contribution >= 0.6 is 0 Å². The Hall–Kier alpha value is -0.120. The van der Waals surface area contributed by atoms with Crippen molar-refractivity contribution in [2.24, 2.45) is 135 Å². The van der Waals surface area contributed by atoms with E-state index in [0.29, 0.717) is 34.7 Å². The van der Waals surface area contributed by atoms with Gasteiger partial charge in [-0.15, -0.1) is 0 Å². The summed E-state index contributed by atoms with van der Waals surface area (Å²) in [5.41, 5.74) is 1.82. The standard InChI is InChI=1S/C10H20O.2C10H20.C10H22.2C9H20O.2C9H20.16C2H6/c1-8(2)5-10(9(3)4)6-11-7-10;1-7(2)9-5-10(6-9)8(3)4;1-8(2)7-10(5-6-10)9(3)4;1-8(2)7-10(5,6)9(3)4;1-7(2)6-9(10-5)8(3)4;1-7(2)5-9(10)6-8(3)4;2*1-7(2)6-9(5)8(3)4;16*1-2/h8-9H,5-7H2,1-4H3;7-10H,5-6H2,1-4H3;8-9H,5-7H2,1-4H3;8-9H,7H2,1-6H3;7-9H,6H2,1-5H3;7-10H,5-6H2,1-4H3;2*7-9H,6H2,1-5H3;16*1-2H3. The summed E-state index contributed by atoms with van der Waals surface area (Å²) >= 11 is 0. The summed E-state index contributed by atoms with van der Waals surface area (Å²) in [6, 6.07) is 0. The summed E-state index contributed by atoms with van der Waals surface area (Å²) < 4.78 is 10.6. The van der Waals surface area contributed by atoms with Gasteiger partial charge >= 0.3 is 0 Å². The first-order valence-corrected chi connectivity index (χ1v) is 50.6. The van der Waals surface area contributed by atoms with Crippen LogP contribution in [0.1, 0.15) is 548 Å². The topological polar surface area (TPSA) is 38.7 Å². The molecule has 3 heteroatoms. The third kappa shape index (κ3) is 139. The van der Waals surface area contributed by atoms with Gasteiger partial charge in [0.15, 0.2) is 0 Å². The smallest absolute Gasteiger partial charge is 0.0596 e. The molecule has 3 nitrogen and oxygen atoms in total. The molecule has 0 bridgehead atoms. The third-order valence-corrected chi connectivity index (χ3v) is 18.5. The maximum Gasteiger partial charge on any atom is 0.0596 e. The highest BCUT2D eigenvalue weighted by Crippen LogP contribution is 2.56. The minimum atomic E-state index is -0.0833. The molecule has 0 radical (unpaired) electrons. The zero-order valence-corrected chi connectivity index (χ0v) is 94.4. The van der Waals surface area contributed by atoms with Gasteiger partial charge in [-0.3, -0.25) is 0 Å². The molecule has 3 fully saturated rings. The van der Waals surface area contributed by atoms with Crippen LogP contribution in [0.3, 0.4) is 0 Å². The van der Waals surface area contributed by atoms with E-state index in [4.69, 9.17) is 9.47 Å². The Morgan fingerprint density at radius 1 is 0.306 bits per heavy atom. The quantitative estimate of drug-likeness (QED) is 0.0990. The lowest BCUT2D eigenvalue weighted by atomic mass is 9.65. The summed E-state index contributed by atoms with van der Waals surface area (Å²) in [6.07, 6.45) is 16.2. The van der Waals surface area contributed by atoms with Crippen molar-refractivity contribution in [2.45, 2.75) is 560 Å². The second kappa shape index (κ2) is 131. The molecule has 1 N–H and O–H groups in total. The van der Waals surface area contributed by atoms with Crippen LogP contribution < -0.4 is 0 Å². The molecule has 111 heavy (non-hydrogen) atoms. The lowest BCUT2D eigenvalue weighted by Gasteiger charge is -2.46. The Kier molecular flexibility index (Phi) is 195. The predicted molar refractivity (Wildman–Crippen MR) is 546 cm³/mol. The number of aliphatic hydroxyl groups excluding tert-OH is 1. The van der Waals surface area contributed by atoms with E-state index in [0.717, 1.165) is 132 Å². The van der Waals surface area contributed by atoms with E-state index in [1.54, 1.807) is 7.11 Å². The highest BCUT2D eigenvalue weighted by molar-refractivity contribution is 4.95. The molecule has 2 saturated carbocycles. The van der Waals surface area contributed by atoms with Gasteiger partial charge in [-0.2, -0.15) is 0 Å². The maximum absolute atomic E-state index is 9.39. The molecule has 1 aliphatic heterocycles. The Morgan fingerprint density at radius 2 is 0.532 bits per heavy atom. The van der Waals surface area contributed by atoms with E-state index < -0.39 is 0 Å². The van der Waals surface area contributed by atoms with E-state index in [-0.39, 0.29) is 6.10 Å². The van der Waals surface area contributed by atoms with Crippen molar-refractivity contribution in [1.82, 2.24) is 0 Å². The number of ether oxygens (including phenoxy) is 2. The lowest BCUT2D eigenvalue weighted by Crippen LogP contribution is -2.47. The van der Waals surface area contributed by atoms with Crippen LogP contribution in [-0.2, 0) is 9.47 Å². The second-order valence-corrected chi connectivity index (χ2v) is 33.7. The van der Waals surface area contributed by atoms with Crippen molar-refractivity contribution in [1.29, 1.82) is 0 Å². The van der Waals surface area contributed by atoms with Crippen LogP contribution in [0.5, 0.6) is 0 Å². The van der Waals surface area contributed by atoms with Crippen molar-refractivity contribution in [3.63, 3.8) is 0 Å². The van der Waals surface area contributed by atoms with Crippen molar-refractivity contribution < 1.29 is 14.6 Å². The molecule has 0 aromatic carbocycles. The Labute approximate surface area is 725 Å². The van der Waals surface area contributed by atoms with E-state index in [2.05, 4.69) is 249 Å². The Morgan fingerprint density at radius 3 is 0.613 bits per heavy atom. The van der Waals surface area contributed by atoms with Gasteiger partial charge in [0.05, 0.1) is 25.4 Å². The fourth-order valence-corrected chi connectivity index (χ4v) is 11.3. The molecular weight excluding hydrogens is 1350 g/mol. The van der Waals surface area contributed by atoms with Gasteiger partial charge in [0.25, 0.3) is 0 Å². The molecule has 0 aromatic rings. The molecule has 3 atom stereocenters. The van der Waals surface area contributed by atoms with Gasteiger partial charge in [-0.25, -0.2) is 0 Å². The first-order chi connectivity index (χ1) is 51.8. The predicted octanol–water partition coefficient (Wildman–Crippen LogP) is 41.4. The zero-order chi connectivity index (χ0) is 95.5. The van der Waals surface area contributed by atoms with Gasteiger partial charge in [0.2, 0.25) is 0 Å². The first kappa shape index (κ1) is 166. The highest BCUT2D eigenvalue weighted by Gasteiger charge is 2.45. The molecule has 1 saturated heterocycles. The number of aliphatic hydroxyl groups is 1. The van der Waals surface area contributed by atoms with Crippen molar-refractivity contribution >= 4 is 0 Å². The monoisotopic (exact) mass is 1600 g/mol. The summed E-state index contributed by atoms with van der Waals surface area (Å²) in [6.45, 7) is 148. The molecular formula is C108H258O3. The molecule has 0 amide bonds. The number of methoxy groups -OCH3 is 1. The summed E-state index contributed by atoms with van der Waals surface area (Å²) in [7, 11) is 1.80. The van der Waals surface area contributed by atoms with E-state index in [1.165, 1.54) is 64.2 Å². The average molecular weight is 1610 g/mol. The molecule has 3 rings (SSSR count). The highest BCUT2D eigenvalue weighted by atomic mass is 16.5. The van der Waals surface area contributed by atoms with Crippen molar-refractivity contribution in [3.8, 4) is 0 Å². The molecule has 2 aliphatic carbocycles. The Balaban J connectivity index is -0.0000000416. The van der Waals surface area contributed by atoms with Gasteiger partial charge < -0.3 is 14.6 Å². The van der Waals surface area contributed by atoms with Crippen molar-refractivity contribution in [3.05, 3.63) is 0 Å². The van der Waals surface area contributed by atoms with Crippen LogP contribution in [0.25, 0.3) is 0 Å². The zero-order valence-electron chi connectivity index (χ0n) is 94.4. The summed E-state index contributed by atoms with van der Waals surface area (Å²) in [4.78, 5) is 0. The van der Waals surface area contributed by atoms with E-state index in [9.17, 15) is 5.11 Å². The number of hydrogen-bond acceptors (Lipinski definition) is 3. The fourth-order valence-electron chi connectivity index (χ4n) is 11.3. The fraction of sp³-hybridized carbons (Fsp3) is 1.00. The first-order valence-electron chi connectivity index (χ1n) is 50.6. The summed E-state index contributed by atoms with van der Waals surface area (Å²) in [5.74, 6) is 16.8. The van der Waals surface area contributed by atoms with Crippen LogP contribution in [-0.4, -0.2) is 37.6 Å². The Bertz CT molecular complexity index is 1240. The van der Waals surface area contributed by atoms with Gasteiger partial charge in [0, 0.05) is 12.5 Å². The van der Waals surface area contributed by atoms with E-state index in [1.807, 2.05) is 222 Å². The van der Waals surface area contributed by atoms with E-state index >= 15 is 0 Å². The molecule has 3 aliphatic rings. The lowest BCUT2D eigenvalue weighted by molar-refractivity contribution is -0.148. The molecule has 0 aromatic heterocycles. The van der Waals surface area contributed by atoms with Crippen LogP contribution in [0.15, 0.2) is 0 Å². The third-order valence-electron chi connectivity index (χ3n) is 18.5. The van der Waals surface area contributed by atoms with Crippen LogP contribution in [0.4, 0.5) is 0 Å². The number of rotatable bonds is 25. The number of hydrogen-bond donors (Lipinski definition) is 1. The molecule has 3 unspecified atom stereocenters. The normalized spacial score (nSPS) is 14.1. The minimum Gasteiger partial charge on any atom is -0.393 e. The summed E-state index contributed by atoms with van der Waals surface area (Å²) in [5, 5.41) is 9.39. The molecule has 708 valence electrons. The second-order valence-electron chi connectivity index (χ2n) is 33.7. The van der Waals surface area contributed by atoms with Crippen LogP contribution in [0.2, 0.25) is 0 Å². The largest absolute Gasteiger partial charge is 0.393 e. The average Bonchev–Trinajstić information content (AvgIpc) is 1.73. The maximum atomic E-state index is 9.39. The van der Waals surface area contributed by atoms with Crippen LogP contribution in [0, 0.1) is 135 Å². The molecule has 0 spiro atoms. The minimum absolute atomic E-state index is 0.0833. The SMILES string of the molecule is CC.CC.CC.CC.CC.CC.CC.CC.CC.CC.CC.CC.CC.CC.CC.CC.CC(C)C1CC(C(C)C)C1.CC(C)CC(C)(C)C(C)C.CC(C)CC(C)C(C)C.CC(C)CC(C)C(C)C.CC(C)CC(O)CC(C)C.CC(C)CC1(C(C)C)CC1.CC(C)CC1(C(C)C)COC1.COC(CC(C)C)C(C)C. The van der Waals surface area contributed by atoms with Gasteiger partial charge in [-0.05, 0) is 206 Å². The van der Waals surface area contributed by atoms with Gasteiger partial charge in [0.1, 0.15) is 0 Å².